The molecule has 0 aliphatic heterocycles. The number of aliphatic hydroxyl groups is 1. The highest BCUT2D eigenvalue weighted by Gasteiger charge is 2.27. The van der Waals surface area contributed by atoms with E-state index in [2.05, 4.69) is 12.2 Å². The second-order valence-corrected chi connectivity index (χ2v) is 4.23. The third-order valence-electron chi connectivity index (χ3n) is 2.75. The highest BCUT2D eigenvalue weighted by Crippen LogP contribution is 2.27. The number of hydrogen-bond donors (Lipinski definition) is 2. The normalized spacial score (nSPS) is 36.8. The maximum Gasteiger partial charge on any atom is 0.0621 e. The van der Waals surface area contributed by atoms with E-state index in [1.807, 2.05) is 6.92 Å². The molecule has 72 valence electrons. The van der Waals surface area contributed by atoms with Crippen LogP contribution in [0.2, 0.25) is 0 Å². The summed E-state index contributed by atoms with van der Waals surface area (Å²) in [6.07, 6.45) is 5.37. The number of rotatable bonds is 3. The highest BCUT2D eigenvalue weighted by molar-refractivity contribution is 4.84. The fourth-order valence-corrected chi connectivity index (χ4v) is 1.79. The molecular formula is C10H21NO. The molecule has 1 aliphatic carbocycles. The molecule has 0 radical (unpaired) electrons. The zero-order chi connectivity index (χ0) is 9.03. The Labute approximate surface area is 75.4 Å². The first-order chi connectivity index (χ1) is 5.64. The van der Waals surface area contributed by atoms with Crippen molar-refractivity contribution in [2.24, 2.45) is 0 Å². The molecule has 0 atom stereocenters. The van der Waals surface area contributed by atoms with Crippen LogP contribution < -0.4 is 5.32 Å². The lowest BCUT2D eigenvalue weighted by molar-refractivity contribution is 0.0142. The molecule has 0 heterocycles. The van der Waals surface area contributed by atoms with Crippen molar-refractivity contribution in [3.63, 3.8) is 0 Å². The fourth-order valence-electron chi connectivity index (χ4n) is 1.79. The van der Waals surface area contributed by atoms with Gasteiger partial charge in [0.2, 0.25) is 0 Å². The molecule has 2 N–H and O–H groups in total. The van der Waals surface area contributed by atoms with Crippen LogP contribution in [0.1, 0.15) is 46.0 Å². The van der Waals surface area contributed by atoms with E-state index in [0.717, 1.165) is 32.2 Å². The predicted octanol–water partition coefficient (Wildman–Crippen LogP) is 1.68. The Morgan fingerprint density at radius 1 is 1.42 bits per heavy atom. The van der Waals surface area contributed by atoms with Crippen molar-refractivity contribution in [1.82, 2.24) is 5.32 Å². The molecule has 1 saturated carbocycles. The van der Waals surface area contributed by atoms with Crippen molar-refractivity contribution in [2.45, 2.75) is 57.6 Å². The lowest BCUT2D eigenvalue weighted by Gasteiger charge is -2.33. The minimum atomic E-state index is -0.385. The van der Waals surface area contributed by atoms with Crippen LogP contribution in [0.4, 0.5) is 0 Å². The Hall–Kier alpha value is -0.0800. The van der Waals surface area contributed by atoms with Crippen molar-refractivity contribution in [3.8, 4) is 0 Å². The van der Waals surface area contributed by atoms with Gasteiger partial charge >= 0.3 is 0 Å². The zero-order valence-corrected chi connectivity index (χ0v) is 8.27. The quantitative estimate of drug-likeness (QED) is 0.677. The van der Waals surface area contributed by atoms with Crippen molar-refractivity contribution in [2.75, 3.05) is 6.54 Å². The molecular weight excluding hydrogens is 150 g/mol. The Morgan fingerprint density at radius 3 is 2.50 bits per heavy atom. The second kappa shape index (κ2) is 4.24. The Morgan fingerprint density at radius 2 is 2.00 bits per heavy atom. The van der Waals surface area contributed by atoms with E-state index in [9.17, 15) is 5.11 Å². The molecule has 2 nitrogen and oxygen atoms in total. The molecule has 0 saturated heterocycles. The molecule has 0 unspecified atom stereocenters. The predicted molar refractivity (Wildman–Crippen MR) is 51.2 cm³/mol. The average molecular weight is 171 g/mol. The zero-order valence-electron chi connectivity index (χ0n) is 8.27. The molecule has 0 bridgehead atoms. The molecule has 12 heavy (non-hydrogen) atoms. The van der Waals surface area contributed by atoms with Crippen molar-refractivity contribution in [3.05, 3.63) is 0 Å². The summed E-state index contributed by atoms with van der Waals surface area (Å²) in [5, 5.41) is 13.2. The molecule has 1 fully saturated rings. The first kappa shape index (κ1) is 10.0. The maximum atomic E-state index is 9.69. The van der Waals surface area contributed by atoms with Gasteiger partial charge < -0.3 is 10.4 Å². The van der Waals surface area contributed by atoms with Gasteiger partial charge in [0, 0.05) is 6.04 Å². The van der Waals surface area contributed by atoms with Gasteiger partial charge in [-0.25, -0.2) is 0 Å². The number of hydrogen-bond acceptors (Lipinski definition) is 2. The summed E-state index contributed by atoms with van der Waals surface area (Å²) in [6.45, 7) is 5.25. The second-order valence-electron chi connectivity index (χ2n) is 4.23. The standard InChI is InChI=1S/C10H21NO/c1-3-8-11-9-4-6-10(2,12)7-5-9/h9,11-12H,3-8H2,1-2H3. The summed E-state index contributed by atoms with van der Waals surface area (Å²) in [7, 11) is 0. The van der Waals surface area contributed by atoms with Gasteiger partial charge in [-0.1, -0.05) is 6.92 Å². The first-order valence-corrected chi connectivity index (χ1v) is 5.10. The van der Waals surface area contributed by atoms with Crippen LogP contribution in [0.25, 0.3) is 0 Å². The van der Waals surface area contributed by atoms with Crippen molar-refractivity contribution in [1.29, 1.82) is 0 Å². The van der Waals surface area contributed by atoms with Crippen LogP contribution in [0.3, 0.4) is 0 Å². The van der Waals surface area contributed by atoms with Crippen LogP contribution in [0, 0.1) is 0 Å². The van der Waals surface area contributed by atoms with Crippen LogP contribution in [0.5, 0.6) is 0 Å². The van der Waals surface area contributed by atoms with Gasteiger partial charge in [-0.2, -0.15) is 0 Å². The van der Waals surface area contributed by atoms with E-state index in [1.54, 1.807) is 0 Å². The van der Waals surface area contributed by atoms with Gasteiger partial charge in [0.15, 0.2) is 0 Å². The lowest BCUT2D eigenvalue weighted by Crippen LogP contribution is -2.39. The third-order valence-corrected chi connectivity index (χ3v) is 2.75. The highest BCUT2D eigenvalue weighted by atomic mass is 16.3. The SMILES string of the molecule is CCCNC1CCC(C)(O)CC1. The monoisotopic (exact) mass is 171 g/mol. The minimum absolute atomic E-state index is 0.385. The van der Waals surface area contributed by atoms with Crippen LogP contribution in [0.15, 0.2) is 0 Å². The van der Waals surface area contributed by atoms with E-state index in [4.69, 9.17) is 0 Å². The van der Waals surface area contributed by atoms with Gasteiger partial charge in [-0.3, -0.25) is 0 Å². The maximum absolute atomic E-state index is 9.69. The summed E-state index contributed by atoms with van der Waals surface area (Å²) in [6, 6.07) is 0.658. The third kappa shape index (κ3) is 3.11. The van der Waals surface area contributed by atoms with Crippen LogP contribution >= 0.6 is 0 Å². The Kier molecular flexibility index (Phi) is 3.53. The van der Waals surface area contributed by atoms with Crippen molar-refractivity contribution < 1.29 is 5.11 Å². The van der Waals surface area contributed by atoms with Crippen molar-refractivity contribution >= 4 is 0 Å². The lowest BCUT2D eigenvalue weighted by atomic mass is 9.84. The Balaban J connectivity index is 2.18. The van der Waals surface area contributed by atoms with E-state index >= 15 is 0 Å². The molecule has 1 rings (SSSR count). The van der Waals surface area contributed by atoms with E-state index < -0.39 is 0 Å². The smallest absolute Gasteiger partial charge is 0.0621 e. The summed E-state index contributed by atoms with van der Waals surface area (Å²) in [5.74, 6) is 0. The largest absolute Gasteiger partial charge is 0.390 e. The molecule has 1 aliphatic rings. The van der Waals surface area contributed by atoms with Gasteiger partial charge in [0.05, 0.1) is 5.60 Å². The molecule has 0 spiro atoms. The molecule has 0 aromatic heterocycles. The summed E-state index contributed by atoms with van der Waals surface area (Å²) in [4.78, 5) is 0. The van der Waals surface area contributed by atoms with Gasteiger partial charge in [0.1, 0.15) is 0 Å². The average Bonchev–Trinajstić information content (AvgIpc) is 2.03. The summed E-state index contributed by atoms with van der Waals surface area (Å²) < 4.78 is 0. The Bertz CT molecular complexity index is 124. The molecule has 0 aromatic carbocycles. The van der Waals surface area contributed by atoms with Gasteiger partial charge in [-0.05, 0) is 45.6 Å². The fraction of sp³-hybridized carbons (Fsp3) is 1.00. The summed E-state index contributed by atoms with van der Waals surface area (Å²) >= 11 is 0. The van der Waals surface area contributed by atoms with Crippen LogP contribution in [-0.4, -0.2) is 23.3 Å². The minimum Gasteiger partial charge on any atom is -0.390 e. The van der Waals surface area contributed by atoms with Gasteiger partial charge in [0.25, 0.3) is 0 Å². The van der Waals surface area contributed by atoms with Crippen LogP contribution in [-0.2, 0) is 0 Å². The number of nitrogens with one attached hydrogen (secondary N) is 1. The van der Waals surface area contributed by atoms with E-state index in [1.165, 1.54) is 6.42 Å². The summed E-state index contributed by atoms with van der Waals surface area (Å²) in [5.41, 5.74) is -0.385. The molecule has 2 heteroatoms. The van der Waals surface area contributed by atoms with E-state index in [0.29, 0.717) is 6.04 Å². The molecule has 0 amide bonds. The van der Waals surface area contributed by atoms with Gasteiger partial charge in [-0.15, -0.1) is 0 Å². The topological polar surface area (TPSA) is 32.3 Å². The van der Waals surface area contributed by atoms with E-state index in [-0.39, 0.29) is 5.60 Å². The molecule has 0 aromatic rings. The first-order valence-electron chi connectivity index (χ1n) is 5.10.